The molecule has 1 atom stereocenters. The van der Waals surface area contributed by atoms with Gasteiger partial charge in [-0.1, -0.05) is 17.7 Å². The monoisotopic (exact) mass is 522 g/mol. The van der Waals surface area contributed by atoms with Crippen LogP contribution in [0.1, 0.15) is 18.1 Å². The van der Waals surface area contributed by atoms with Crippen LogP contribution in [0.25, 0.3) is 0 Å². The number of nitrogens with one attached hydrogen (secondary N) is 2. The zero-order valence-electron chi connectivity index (χ0n) is 16.3. The quantitative estimate of drug-likeness (QED) is 0.495. The van der Waals surface area contributed by atoms with Crippen molar-refractivity contribution in [1.29, 1.82) is 0 Å². The van der Waals surface area contributed by atoms with E-state index >= 15 is 0 Å². The molecule has 0 aliphatic heterocycles. The largest absolute Gasteiger partial charge is 0.426 e. The number of hydrogen-bond acceptors (Lipinski definition) is 4. The molecular formula is C18H14ClF7N2O4S. The number of alkyl halides is 6. The Kier molecular flexibility index (Phi) is 7.38. The van der Waals surface area contributed by atoms with E-state index in [1.807, 2.05) is 4.72 Å². The van der Waals surface area contributed by atoms with E-state index in [9.17, 15) is 49.1 Å². The third-order valence-corrected chi connectivity index (χ3v) is 6.04. The minimum atomic E-state index is -5.30. The topological polar surface area (TPSA) is 95.5 Å². The Hall–Kier alpha value is -2.42. The molecule has 0 spiro atoms. The molecular weight excluding hydrogens is 509 g/mol. The molecule has 0 saturated carbocycles. The van der Waals surface area contributed by atoms with Crippen molar-refractivity contribution < 1.29 is 49.1 Å². The fourth-order valence-electron chi connectivity index (χ4n) is 2.26. The first-order valence-corrected chi connectivity index (χ1v) is 10.5. The van der Waals surface area contributed by atoms with Gasteiger partial charge in [0.1, 0.15) is 5.82 Å². The molecule has 1 amide bonds. The van der Waals surface area contributed by atoms with Crippen molar-refractivity contribution in [2.75, 3.05) is 5.32 Å². The van der Waals surface area contributed by atoms with Gasteiger partial charge in [-0.25, -0.2) is 17.5 Å². The van der Waals surface area contributed by atoms with Crippen LogP contribution >= 0.6 is 11.6 Å². The summed E-state index contributed by atoms with van der Waals surface area (Å²) in [7, 11) is -4.40. The first kappa shape index (κ1) is 26.8. The molecule has 182 valence electrons. The Labute approximate surface area is 187 Å². The molecule has 0 aromatic heterocycles. The molecule has 0 saturated heterocycles. The highest BCUT2D eigenvalue weighted by Crippen LogP contribution is 2.33. The highest BCUT2D eigenvalue weighted by atomic mass is 35.5. The summed E-state index contributed by atoms with van der Waals surface area (Å²) in [5.74, 6) is -3.18. The molecule has 0 bridgehead atoms. The lowest BCUT2D eigenvalue weighted by molar-refractivity contribution is -0.242. The van der Waals surface area contributed by atoms with E-state index in [-0.39, 0.29) is 13.0 Å². The van der Waals surface area contributed by atoms with Crippen LogP contribution in [-0.4, -0.2) is 31.2 Å². The Bertz CT molecular complexity index is 1170. The zero-order valence-corrected chi connectivity index (χ0v) is 17.8. The minimum absolute atomic E-state index is 0.202. The Balaban J connectivity index is 2.18. The van der Waals surface area contributed by atoms with E-state index in [0.29, 0.717) is 6.07 Å². The van der Waals surface area contributed by atoms with E-state index in [2.05, 4.69) is 0 Å². The smallest absolute Gasteiger partial charge is 0.373 e. The summed E-state index contributed by atoms with van der Waals surface area (Å²) in [6, 6.07) is 3.96. The lowest BCUT2D eigenvalue weighted by Crippen LogP contribution is -2.52. The maximum Gasteiger partial charge on any atom is 0.426 e. The highest BCUT2D eigenvalue weighted by molar-refractivity contribution is 7.89. The summed E-state index contributed by atoms with van der Waals surface area (Å²) in [6.45, 7) is -0.518. The molecule has 0 fully saturated rings. The molecule has 2 rings (SSSR count). The van der Waals surface area contributed by atoms with Gasteiger partial charge in [-0.2, -0.15) is 26.3 Å². The Morgan fingerprint density at radius 2 is 1.67 bits per heavy atom. The van der Waals surface area contributed by atoms with Crippen molar-refractivity contribution in [3.63, 3.8) is 0 Å². The van der Waals surface area contributed by atoms with Gasteiger partial charge in [-0.15, -0.1) is 0 Å². The molecule has 3 N–H and O–H groups in total. The molecule has 15 heteroatoms. The lowest BCUT2D eigenvalue weighted by Gasteiger charge is -2.25. The predicted molar refractivity (Wildman–Crippen MR) is 102 cm³/mol. The van der Waals surface area contributed by atoms with Crippen LogP contribution in [0.2, 0.25) is 5.02 Å². The second-order valence-electron chi connectivity index (χ2n) is 6.79. The number of rotatable bonds is 6. The maximum atomic E-state index is 13.9. The summed E-state index contributed by atoms with van der Waals surface area (Å²) in [6.07, 6.45) is -10.1. The van der Waals surface area contributed by atoms with Crippen LogP contribution < -0.4 is 10.0 Å². The van der Waals surface area contributed by atoms with E-state index in [0.717, 1.165) is 24.3 Å². The second-order valence-corrected chi connectivity index (χ2v) is 8.97. The van der Waals surface area contributed by atoms with Gasteiger partial charge in [-0.3, -0.25) is 4.79 Å². The molecule has 2 aromatic carbocycles. The molecule has 0 heterocycles. The van der Waals surface area contributed by atoms with Crippen molar-refractivity contribution in [1.82, 2.24) is 4.72 Å². The average molecular weight is 523 g/mol. The SMILES string of the molecule is CC(O)(C(=O)Nc1ccc(S(=O)(=O)NCc2ccc(C(F)(F)F)cc2F)cc1Cl)C(F)(F)F. The van der Waals surface area contributed by atoms with Gasteiger partial charge in [0.2, 0.25) is 15.6 Å². The van der Waals surface area contributed by atoms with Gasteiger partial charge in [0.25, 0.3) is 5.91 Å². The number of aliphatic hydroxyl groups is 1. The molecule has 33 heavy (non-hydrogen) atoms. The fraction of sp³-hybridized carbons (Fsp3) is 0.278. The van der Waals surface area contributed by atoms with Gasteiger partial charge in [0, 0.05) is 12.1 Å². The van der Waals surface area contributed by atoms with E-state index < -0.39 is 73.0 Å². The maximum absolute atomic E-state index is 13.9. The Morgan fingerprint density at radius 1 is 1.06 bits per heavy atom. The van der Waals surface area contributed by atoms with Crippen LogP contribution in [0.15, 0.2) is 41.3 Å². The van der Waals surface area contributed by atoms with Crippen molar-refractivity contribution in [3.05, 3.63) is 58.4 Å². The molecule has 0 aliphatic rings. The van der Waals surface area contributed by atoms with E-state index in [1.165, 1.54) is 0 Å². The minimum Gasteiger partial charge on any atom is -0.373 e. The number of halogens is 8. The lowest BCUT2D eigenvalue weighted by atomic mass is 10.1. The average Bonchev–Trinajstić information content (AvgIpc) is 2.66. The number of carbonyl (C=O) groups excluding carboxylic acids is 1. The molecule has 0 radical (unpaired) electrons. The van der Waals surface area contributed by atoms with Crippen LogP contribution in [-0.2, 0) is 27.5 Å². The first-order chi connectivity index (χ1) is 14.9. The normalized spacial score (nSPS) is 14.6. The first-order valence-electron chi connectivity index (χ1n) is 8.61. The number of anilines is 1. The predicted octanol–water partition coefficient (Wildman–Crippen LogP) is 4.23. The van der Waals surface area contributed by atoms with Crippen molar-refractivity contribution in [2.45, 2.75) is 36.3 Å². The van der Waals surface area contributed by atoms with Crippen molar-refractivity contribution >= 4 is 33.2 Å². The number of sulfonamides is 1. The summed E-state index contributed by atoms with van der Waals surface area (Å²) >= 11 is 5.81. The van der Waals surface area contributed by atoms with Gasteiger partial charge in [0.05, 0.1) is 21.2 Å². The summed E-state index contributed by atoms with van der Waals surface area (Å²) < 4.78 is 116. The molecule has 2 aromatic rings. The number of amides is 1. The van der Waals surface area contributed by atoms with Gasteiger partial charge < -0.3 is 10.4 Å². The second kappa shape index (κ2) is 9.08. The van der Waals surface area contributed by atoms with Gasteiger partial charge in [-0.05, 0) is 37.3 Å². The number of hydrogen-bond donors (Lipinski definition) is 3. The summed E-state index contributed by atoms with van der Waals surface area (Å²) in [5, 5.41) is 10.6. The summed E-state index contributed by atoms with van der Waals surface area (Å²) in [5.41, 5.74) is -5.86. The zero-order chi connectivity index (χ0) is 25.4. The number of benzene rings is 2. The molecule has 1 unspecified atom stereocenters. The van der Waals surface area contributed by atoms with Gasteiger partial charge >= 0.3 is 12.4 Å². The van der Waals surface area contributed by atoms with Crippen molar-refractivity contribution in [3.8, 4) is 0 Å². The third kappa shape index (κ3) is 6.13. The fourth-order valence-corrected chi connectivity index (χ4v) is 3.59. The van der Waals surface area contributed by atoms with E-state index in [4.69, 9.17) is 11.6 Å². The molecule has 6 nitrogen and oxygen atoms in total. The van der Waals surface area contributed by atoms with E-state index in [1.54, 1.807) is 5.32 Å². The van der Waals surface area contributed by atoms with Crippen molar-refractivity contribution in [2.24, 2.45) is 0 Å². The highest BCUT2D eigenvalue weighted by Gasteiger charge is 2.55. The number of carbonyl (C=O) groups is 1. The van der Waals surface area contributed by atoms with Gasteiger partial charge in [0.15, 0.2) is 0 Å². The van der Waals surface area contributed by atoms with Crippen LogP contribution in [0, 0.1) is 5.82 Å². The molecule has 0 aliphatic carbocycles. The van der Waals surface area contributed by atoms with Crippen LogP contribution in [0.4, 0.5) is 36.4 Å². The third-order valence-electron chi connectivity index (χ3n) is 4.33. The summed E-state index contributed by atoms with van der Waals surface area (Å²) in [4.78, 5) is 11.2. The standard InChI is InChI=1S/C18H14ClF7N2O4S/c1-16(30,18(24,25)26)15(29)28-14-5-4-11(7-12(14)19)33(31,32)27-8-9-2-3-10(6-13(9)20)17(21,22)23/h2-7,27,30H,8H2,1H3,(H,28,29). The Morgan fingerprint density at radius 3 is 2.15 bits per heavy atom. The van der Waals surface area contributed by atoms with Crippen LogP contribution in [0.5, 0.6) is 0 Å². The van der Waals surface area contributed by atoms with Crippen LogP contribution in [0.3, 0.4) is 0 Å².